The van der Waals surface area contributed by atoms with Crippen molar-refractivity contribution < 1.29 is 0 Å². The summed E-state index contributed by atoms with van der Waals surface area (Å²) in [6, 6.07) is 10.9. The van der Waals surface area contributed by atoms with E-state index in [1.807, 2.05) is 31.2 Å². The number of hydrogen-bond acceptors (Lipinski definition) is 4. The average molecular weight is 320 g/mol. The molecular formula is C14H11Cl2N5. The Hall–Kier alpha value is -2.11. The van der Waals surface area contributed by atoms with E-state index in [2.05, 4.69) is 15.5 Å². The van der Waals surface area contributed by atoms with Crippen molar-refractivity contribution >= 4 is 28.9 Å². The van der Waals surface area contributed by atoms with Gasteiger partial charge in [-0.05, 0) is 41.1 Å². The maximum Gasteiger partial charge on any atom is 0.189 e. The van der Waals surface area contributed by atoms with Gasteiger partial charge in [-0.25, -0.2) is 0 Å². The zero-order valence-electron chi connectivity index (χ0n) is 11.1. The average Bonchev–Trinajstić information content (AvgIpc) is 2.93. The number of benzene rings is 2. The van der Waals surface area contributed by atoms with Gasteiger partial charge < -0.3 is 5.73 Å². The lowest BCUT2D eigenvalue weighted by atomic mass is 10.1. The highest BCUT2D eigenvalue weighted by molar-refractivity contribution is 6.38. The Morgan fingerprint density at radius 1 is 1.10 bits per heavy atom. The van der Waals surface area contributed by atoms with E-state index in [-0.39, 0.29) is 0 Å². The topological polar surface area (TPSA) is 69.6 Å². The Kier molecular flexibility index (Phi) is 3.53. The van der Waals surface area contributed by atoms with Gasteiger partial charge in [0, 0.05) is 11.3 Å². The van der Waals surface area contributed by atoms with Gasteiger partial charge in [0.25, 0.3) is 0 Å². The van der Waals surface area contributed by atoms with Crippen LogP contribution in [0.2, 0.25) is 10.0 Å². The summed E-state index contributed by atoms with van der Waals surface area (Å²) >= 11 is 12.6. The molecule has 0 aliphatic heterocycles. The fourth-order valence-electron chi connectivity index (χ4n) is 2.04. The molecule has 106 valence electrons. The molecule has 0 atom stereocenters. The van der Waals surface area contributed by atoms with Crippen LogP contribution in [0.4, 0.5) is 5.69 Å². The first kappa shape index (κ1) is 13.9. The van der Waals surface area contributed by atoms with Crippen LogP contribution in [-0.2, 0) is 0 Å². The number of nitrogens with two attached hydrogens (primary N) is 1. The van der Waals surface area contributed by atoms with E-state index in [0.717, 1.165) is 11.1 Å². The largest absolute Gasteiger partial charge is 0.398 e. The second kappa shape index (κ2) is 5.35. The summed E-state index contributed by atoms with van der Waals surface area (Å²) in [5.41, 5.74) is 8.72. The van der Waals surface area contributed by atoms with Gasteiger partial charge in [-0.2, -0.15) is 4.68 Å². The van der Waals surface area contributed by atoms with Crippen molar-refractivity contribution in [3.63, 3.8) is 0 Å². The van der Waals surface area contributed by atoms with Crippen LogP contribution in [0.3, 0.4) is 0 Å². The number of tetrazole rings is 1. The predicted molar refractivity (Wildman–Crippen MR) is 83.8 cm³/mol. The van der Waals surface area contributed by atoms with Crippen LogP contribution in [0.15, 0.2) is 36.4 Å². The normalized spacial score (nSPS) is 10.8. The van der Waals surface area contributed by atoms with Crippen molar-refractivity contribution in [2.75, 3.05) is 5.73 Å². The summed E-state index contributed by atoms with van der Waals surface area (Å²) in [5, 5.41) is 12.7. The van der Waals surface area contributed by atoms with E-state index in [0.29, 0.717) is 27.2 Å². The maximum absolute atomic E-state index is 6.36. The molecule has 1 heterocycles. The van der Waals surface area contributed by atoms with E-state index in [1.54, 1.807) is 12.1 Å². The molecule has 3 aromatic rings. The molecule has 0 aliphatic carbocycles. The summed E-state index contributed by atoms with van der Waals surface area (Å²) in [5.74, 6) is 0.488. The van der Waals surface area contributed by atoms with Gasteiger partial charge in [0.2, 0.25) is 0 Å². The molecule has 0 spiro atoms. The highest BCUT2D eigenvalue weighted by atomic mass is 35.5. The molecule has 0 amide bonds. The van der Waals surface area contributed by atoms with Crippen molar-refractivity contribution in [1.82, 2.24) is 20.2 Å². The minimum Gasteiger partial charge on any atom is -0.398 e. The van der Waals surface area contributed by atoms with Crippen LogP contribution in [-0.4, -0.2) is 20.2 Å². The number of nitrogen functional groups attached to an aromatic ring is 1. The summed E-state index contributed by atoms with van der Waals surface area (Å²) < 4.78 is 1.50. The van der Waals surface area contributed by atoms with Crippen molar-refractivity contribution in [1.29, 1.82) is 0 Å². The minimum absolute atomic E-state index is 0.466. The van der Waals surface area contributed by atoms with Crippen LogP contribution in [0.1, 0.15) is 5.56 Å². The molecule has 0 aliphatic rings. The van der Waals surface area contributed by atoms with Gasteiger partial charge in [0.1, 0.15) is 5.69 Å². The van der Waals surface area contributed by atoms with Crippen molar-refractivity contribution in [2.24, 2.45) is 0 Å². The maximum atomic E-state index is 6.36. The second-order valence-corrected chi connectivity index (χ2v) is 5.31. The van der Waals surface area contributed by atoms with Gasteiger partial charge in [-0.3, -0.25) is 0 Å². The van der Waals surface area contributed by atoms with E-state index in [1.165, 1.54) is 4.68 Å². The Morgan fingerprint density at radius 3 is 2.62 bits per heavy atom. The standard InChI is InChI=1S/C14H11Cl2N5/c1-8-6-7-10(15)13(12(8)16)21-14(18-19-20-21)9-4-2-3-5-11(9)17/h2-7H,17H2,1H3. The second-order valence-electron chi connectivity index (χ2n) is 4.53. The fourth-order valence-corrected chi connectivity index (χ4v) is 2.57. The van der Waals surface area contributed by atoms with Crippen molar-refractivity contribution in [3.05, 3.63) is 52.0 Å². The quantitative estimate of drug-likeness (QED) is 0.733. The zero-order valence-corrected chi connectivity index (χ0v) is 12.6. The van der Waals surface area contributed by atoms with Gasteiger partial charge >= 0.3 is 0 Å². The van der Waals surface area contributed by atoms with Gasteiger partial charge in [0.05, 0.1) is 10.0 Å². The van der Waals surface area contributed by atoms with E-state index < -0.39 is 0 Å². The number of rotatable bonds is 2. The molecule has 0 radical (unpaired) electrons. The van der Waals surface area contributed by atoms with Crippen LogP contribution < -0.4 is 5.73 Å². The first-order chi connectivity index (χ1) is 10.1. The summed E-state index contributed by atoms with van der Waals surface area (Å²) in [6.45, 7) is 1.89. The Labute approximate surface area is 131 Å². The molecular weight excluding hydrogens is 309 g/mol. The summed E-state index contributed by atoms with van der Waals surface area (Å²) in [6.07, 6.45) is 0. The van der Waals surface area contributed by atoms with Crippen LogP contribution >= 0.6 is 23.2 Å². The minimum atomic E-state index is 0.466. The third-order valence-electron chi connectivity index (χ3n) is 3.14. The predicted octanol–water partition coefficient (Wildman–Crippen LogP) is 3.53. The number of anilines is 1. The van der Waals surface area contributed by atoms with Crippen LogP contribution in [0, 0.1) is 6.92 Å². The monoisotopic (exact) mass is 319 g/mol. The fraction of sp³-hybridized carbons (Fsp3) is 0.0714. The Balaban J connectivity index is 2.26. The third-order valence-corrected chi connectivity index (χ3v) is 3.93. The molecule has 0 bridgehead atoms. The first-order valence-corrected chi connectivity index (χ1v) is 6.93. The van der Waals surface area contributed by atoms with Gasteiger partial charge in [0.15, 0.2) is 5.82 Å². The van der Waals surface area contributed by atoms with Crippen LogP contribution in [0.5, 0.6) is 0 Å². The number of halogens is 2. The van der Waals surface area contributed by atoms with Crippen LogP contribution in [0.25, 0.3) is 17.1 Å². The molecule has 0 fully saturated rings. The van der Waals surface area contributed by atoms with Crippen molar-refractivity contribution in [2.45, 2.75) is 6.92 Å². The number of para-hydroxylation sites is 1. The molecule has 7 heteroatoms. The molecule has 0 saturated heterocycles. The highest BCUT2D eigenvalue weighted by Crippen LogP contribution is 2.34. The SMILES string of the molecule is Cc1ccc(Cl)c(-n2nnnc2-c2ccccc2N)c1Cl. The zero-order chi connectivity index (χ0) is 15.0. The summed E-state index contributed by atoms with van der Waals surface area (Å²) in [4.78, 5) is 0. The molecule has 0 unspecified atom stereocenters. The molecule has 5 nitrogen and oxygen atoms in total. The van der Waals surface area contributed by atoms with E-state index in [4.69, 9.17) is 28.9 Å². The third kappa shape index (κ3) is 2.34. The Morgan fingerprint density at radius 2 is 1.86 bits per heavy atom. The summed E-state index contributed by atoms with van der Waals surface area (Å²) in [7, 11) is 0. The van der Waals surface area contributed by atoms with E-state index in [9.17, 15) is 0 Å². The molecule has 1 aromatic heterocycles. The Bertz CT molecular complexity index is 813. The lowest BCUT2D eigenvalue weighted by molar-refractivity contribution is 0.791. The van der Waals surface area contributed by atoms with Gasteiger partial charge in [-0.1, -0.05) is 41.4 Å². The molecule has 21 heavy (non-hydrogen) atoms. The van der Waals surface area contributed by atoms with Gasteiger partial charge in [-0.15, -0.1) is 5.10 Å². The number of nitrogens with zero attached hydrogens (tertiary/aromatic N) is 4. The number of aryl methyl sites for hydroxylation is 1. The highest BCUT2D eigenvalue weighted by Gasteiger charge is 2.18. The first-order valence-electron chi connectivity index (χ1n) is 6.18. The number of hydrogen-bond donors (Lipinski definition) is 1. The lowest BCUT2D eigenvalue weighted by Gasteiger charge is -2.11. The molecule has 2 N–H and O–H groups in total. The molecule has 0 saturated carbocycles. The van der Waals surface area contributed by atoms with Crippen molar-refractivity contribution in [3.8, 4) is 17.1 Å². The lowest BCUT2D eigenvalue weighted by Crippen LogP contribution is -2.04. The smallest absolute Gasteiger partial charge is 0.189 e. The molecule has 2 aromatic carbocycles. The molecule has 3 rings (SSSR count). The van der Waals surface area contributed by atoms with E-state index >= 15 is 0 Å². The number of aromatic nitrogens is 4.